The number of hydrogen-bond acceptors (Lipinski definition) is 2. The first kappa shape index (κ1) is 15.3. The number of halogens is 3. The Morgan fingerprint density at radius 3 is 2.65 bits per heavy atom. The highest BCUT2D eigenvalue weighted by molar-refractivity contribution is 9.10. The van der Waals surface area contributed by atoms with E-state index in [9.17, 15) is 4.39 Å². The summed E-state index contributed by atoms with van der Waals surface area (Å²) in [6, 6.07) is 8.22. The Hall–Kier alpha value is -1.13. The maximum absolute atomic E-state index is 13.2. The van der Waals surface area contributed by atoms with Crippen LogP contribution < -0.4 is 4.74 Å². The molecule has 0 bridgehead atoms. The maximum Gasteiger partial charge on any atom is 0.219 e. The lowest BCUT2D eigenvalue weighted by molar-refractivity contribution is 0.456. The molecule has 1 heterocycles. The average Bonchev–Trinajstić information content (AvgIpc) is 2.42. The largest absolute Gasteiger partial charge is 0.439 e. The summed E-state index contributed by atoms with van der Waals surface area (Å²) in [5, 5.41) is 0. The summed E-state index contributed by atoms with van der Waals surface area (Å²) in [6.45, 7) is 4.11. The van der Waals surface area contributed by atoms with Crippen LogP contribution in [-0.2, 0) is 5.88 Å². The van der Waals surface area contributed by atoms with Crippen molar-refractivity contribution < 1.29 is 9.13 Å². The molecule has 5 heteroatoms. The van der Waals surface area contributed by atoms with Crippen molar-refractivity contribution in [2.45, 2.75) is 25.6 Å². The molecule has 0 aliphatic carbocycles. The van der Waals surface area contributed by atoms with Gasteiger partial charge in [-0.1, -0.05) is 13.8 Å². The van der Waals surface area contributed by atoms with E-state index in [2.05, 4.69) is 34.8 Å². The zero-order valence-electron chi connectivity index (χ0n) is 11.2. The van der Waals surface area contributed by atoms with E-state index in [4.69, 9.17) is 16.3 Å². The number of ether oxygens (including phenoxy) is 1. The van der Waals surface area contributed by atoms with E-state index in [0.717, 1.165) is 11.3 Å². The first-order valence-corrected chi connectivity index (χ1v) is 7.52. The normalized spacial score (nSPS) is 10.9. The van der Waals surface area contributed by atoms with E-state index < -0.39 is 0 Å². The molecule has 1 aromatic heterocycles. The lowest BCUT2D eigenvalue weighted by Crippen LogP contribution is -1.98. The molecule has 0 amide bonds. The van der Waals surface area contributed by atoms with Crippen molar-refractivity contribution in [3.8, 4) is 11.6 Å². The Morgan fingerprint density at radius 2 is 2.05 bits per heavy atom. The molecule has 0 spiro atoms. The van der Waals surface area contributed by atoms with E-state index in [1.165, 1.54) is 6.07 Å². The molecule has 2 aromatic rings. The molecule has 0 fully saturated rings. The zero-order valence-corrected chi connectivity index (χ0v) is 13.5. The van der Waals surface area contributed by atoms with E-state index in [1.54, 1.807) is 18.2 Å². The van der Waals surface area contributed by atoms with Crippen molar-refractivity contribution in [2.75, 3.05) is 0 Å². The smallest absolute Gasteiger partial charge is 0.219 e. The third-order valence-corrected chi connectivity index (χ3v) is 3.66. The highest BCUT2D eigenvalue weighted by Crippen LogP contribution is 2.27. The van der Waals surface area contributed by atoms with Crippen LogP contribution in [0.3, 0.4) is 0 Å². The zero-order chi connectivity index (χ0) is 14.7. The second-order valence-electron chi connectivity index (χ2n) is 4.70. The first-order valence-electron chi connectivity index (χ1n) is 6.19. The fraction of sp³-hybridized carbons (Fsp3) is 0.267. The molecule has 0 atom stereocenters. The molecular formula is C15H14BrClFNO. The second-order valence-corrected chi connectivity index (χ2v) is 5.83. The summed E-state index contributed by atoms with van der Waals surface area (Å²) in [7, 11) is 0. The fourth-order valence-corrected chi connectivity index (χ4v) is 2.18. The molecule has 0 aliphatic rings. The predicted molar refractivity (Wildman–Crippen MR) is 82.1 cm³/mol. The van der Waals surface area contributed by atoms with Crippen LogP contribution in [-0.4, -0.2) is 4.98 Å². The molecule has 0 unspecified atom stereocenters. The Balaban J connectivity index is 2.32. The van der Waals surface area contributed by atoms with Gasteiger partial charge < -0.3 is 4.74 Å². The molecule has 0 N–H and O–H groups in total. The lowest BCUT2D eigenvalue weighted by atomic mass is 10.1. The summed E-state index contributed by atoms with van der Waals surface area (Å²) in [5.41, 5.74) is 1.86. The monoisotopic (exact) mass is 357 g/mol. The third-order valence-electron chi connectivity index (χ3n) is 2.74. The number of hydrogen-bond donors (Lipinski definition) is 0. The molecule has 20 heavy (non-hydrogen) atoms. The van der Waals surface area contributed by atoms with Gasteiger partial charge in [-0.25, -0.2) is 9.37 Å². The van der Waals surface area contributed by atoms with Gasteiger partial charge in [0.1, 0.15) is 11.6 Å². The van der Waals surface area contributed by atoms with Crippen LogP contribution >= 0.6 is 27.5 Å². The molecule has 0 aliphatic heterocycles. The van der Waals surface area contributed by atoms with Gasteiger partial charge in [-0.3, -0.25) is 0 Å². The van der Waals surface area contributed by atoms with Gasteiger partial charge in [0.2, 0.25) is 5.88 Å². The molecule has 2 nitrogen and oxygen atoms in total. The van der Waals surface area contributed by atoms with Crippen molar-refractivity contribution >= 4 is 27.5 Å². The fourth-order valence-electron chi connectivity index (χ4n) is 1.67. The minimum absolute atomic E-state index is 0.278. The van der Waals surface area contributed by atoms with Crippen molar-refractivity contribution in [3.63, 3.8) is 0 Å². The molecule has 2 rings (SSSR count). The van der Waals surface area contributed by atoms with E-state index in [1.807, 2.05) is 6.07 Å². The van der Waals surface area contributed by atoms with E-state index in [0.29, 0.717) is 22.0 Å². The third kappa shape index (κ3) is 3.70. The van der Waals surface area contributed by atoms with Crippen LogP contribution in [0.25, 0.3) is 0 Å². The number of benzene rings is 1. The topological polar surface area (TPSA) is 22.1 Å². The minimum Gasteiger partial charge on any atom is -0.439 e. The lowest BCUT2D eigenvalue weighted by Gasteiger charge is -2.11. The summed E-state index contributed by atoms with van der Waals surface area (Å²) in [6.07, 6.45) is 0. The second kappa shape index (κ2) is 6.55. The first-order chi connectivity index (χ1) is 9.49. The van der Waals surface area contributed by atoms with E-state index in [-0.39, 0.29) is 11.7 Å². The van der Waals surface area contributed by atoms with E-state index >= 15 is 0 Å². The van der Waals surface area contributed by atoms with Gasteiger partial charge in [0.25, 0.3) is 0 Å². The number of aromatic nitrogens is 1. The quantitative estimate of drug-likeness (QED) is 0.660. The van der Waals surface area contributed by atoms with Crippen LogP contribution in [0.15, 0.2) is 34.8 Å². The van der Waals surface area contributed by atoms with Crippen LogP contribution in [0.5, 0.6) is 11.6 Å². The maximum atomic E-state index is 13.2. The van der Waals surface area contributed by atoms with Gasteiger partial charge in [-0.15, -0.1) is 11.6 Å². The number of rotatable bonds is 4. The van der Waals surface area contributed by atoms with Crippen molar-refractivity contribution in [1.82, 2.24) is 4.98 Å². The van der Waals surface area contributed by atoms with Crippen LogP contribution in [0.4, 0.5) is 4.39 Å². The number of pyridine rings is 1. The summed E-state index contributed by atoms with van der Waals surface area (Å²) >= 11 is 9.01. The highest BCUT2D eigenvalue weighted by atomic mass is 79.9. The molecule has 1 aromatic carbocycles. The summed E-state index contributed by atoms with van der Waals surface area (Å²) < 4.78 is 19.2. The van der Waals surface area contributed by atoms with Crippen molar-refractivity contribution in [3.05, 3.63) is 51.9 Å². The molecule has 0 radical (unpaired) electrons. The Kier molecular flexibility index (Phi) is 5.00. The Labute approximate surface area is 131 Å². The molecule has 106 valence electrons. The average molecular weight is 359 g/mol. The molecule has 0 saturated heterocycles. The van der Waals surface area contributed by atoms with Crippen LogP contribution in [0, 0.1) is 5.82 Å². The standard InChI is InChI=1S/C15H14BrClFNO/c1-9(2)14-5-10(8-17)6-15(19-14)20-11-3-4-13(18)12(16)7-11/h3-7,9H,8H2,1-2H3. The van der Waals surface area contributed by atoms with Crippen molar-refractivity contribution in [1.29, 1.82) is 0 Å². The SMILES string of the molecule is CC(C)c1cc(CCl)cc(Oc2ccc(F)c(Br)c2)n1. The number of nitrogens with zero attached hydrogens (tertiary/aromatic N) is 1. The van der Waals surface area contributed by atoms with Crippen LogP contribution in [0.2, 0.25) is 0 Å². The molecule has 0 saturated carbocycles. The van der Waals surface area contributed by atoms with Gasteiger partial charge in [0, 0.05) is 17.6 Å². The van der Waals surface area contributed by atoms with Gasteiger partial charge in [-0.2, -0.15) is 0 Å². The minimum atomic E-state index is -0.331. The summed E-state index contributed by atoms with van der Waals surface area (Å²) in [5.74, 6) is 1.33. The van der Waals surface area contributed by atoms with Crippen LogP contribution in [0.1, 0.15) is 31.0 Å². The Morgan fingerprint density at radius 1 is 1.30 bits per heavy atom. The predicted octanol–water partition coefficient (Wildman–Crippen LogP) is 5.64. The highest BCUT2D eigenvalue weighted by Gasteiger charge is 2.09. The molecular weight excluding hydrogens is 345 g/mol. The van der Waals surface area contributed by atoms with Crippen molar-refractivity contribution in [2.24, 2.45) is 0 Å². The van der Waals surface area contributed by atoms with Gasteiger partial charge in [0.05, 0.1) is 4.47 Å². The van der Waals surface area contributed by atoms with Gasteiger partial charge >= 0.3 is 0 Å². The Bertz CT molecular complexity index is 619. The van der Waals surface area contributed by atoms with Gasteiger partial charge in [-0.05, 0) is 51.7 Å². The van der Waals surface area contributed by atoms with Gasteiger partial charge in [0.15, 0.2) is 0 Å². The number of alkyl halides is 1. The summed E-state index contributed by atoms with van der Waals surface area (Å²) in [4.78, 5) is 4.44.